The van der Waals surface area contributed by atoms with Crippen LogP contribution in [0.4, 0.5) is 10.1 Å². The highest BCUT2D eigenvalue weighted by Gasteiger charge is 2.25. The van der Waals surface area contributed by atoms with Crippen LogP contribution in [-0.4, -0.2) is 13.4 Å². The van der Waals surface area contributed by atoms with Gasteiger partial charge in [-0.3, -0.25) is 4.72 Å². The number of thiophene rings is 1. The average Bonchev–Trinajstić information content (AvgIpc) is 3.18. The third-order valence-electron chi connectivity index (χ3n) is 4.49. The molecule has 0 saturated heterocycles. The number of hydrogen-bond donors (Lipinski definition) is 1. The van der Waals surface area contributed by atoms with Crippen molar-refractivity contribution in [1.82, 2.24) is 4.98 Å². The predicted molar refractivity (Wildman–Crippen MR) is 98.4 cm³/mol. The molecule has 1 aromatic carbocycles. The minimum absolute atomic E-state index is 0.134. The van der Waals surface area contributed by atoms with Crippen molar-refractivity contribution in [3.8, 4) is 10.6 Å². The fourth-order valence-electron chi connectivity index (χ4n) is 2.70. The number of halogens is 1. The van der Waals surface area contributed by atoms with E-state index in [9.17, 15) is 12.8 Å². The number of aromatic nitrogens is 1. The maximum Gasteiger partial charge on any atom is 0.271 e. The molecule has 3 aromatic rings. The molecule has 0 spiro atoms. The van der Waals surface area contributed by atoms with Crippen molar-refractivity contribution in [2.75, 3.05) is 4.72 Å². The summed E-state index contributed by atoms with van der Waals surface area (Å²) in [5, 5.41) is 0. The van der Waals surface area contributed by atoms with Gasteiger partial charge in [0.1, 0.15) is 10.0 Å². The van der Waals surface area contributed by atoms with Crippen molar-refractivity contribution >= 4 is 27.0 Å². The van der Waals surface area contributed by atoms with Crippen LogP contribution in [0, 0.1) is 12.7 Å². The molecule has 1 aliphatic rings. The van der Waals surface area contributed by atoms with Gasteiger partial charge in [-0.25, -0.2) is 17.8 Å². The molecule has 8 heteroatoms. The zero-order chi connectivity index (χ0) is 18.3. The van der Waals surface area contributed by atoms with Crippen LogP contribution in [0.5, 0.6) is 0 Å². The van der Waals surface area contributed by atoms with Crippen molar-refractivity contribution in [2.24, 2.45) is 0 Å². The molecule has 2 aromatic heterocycles. The second-order valence-electron chi connectivity index (χ2n) is 6.38. The van der Waals surface area contributed by atoms with Gasteiger partial charge in [-0.05, 0) is 49.6 Å². The Morgan fingerprint density at radius 3 is 2.77 bits per heavy atom. The average molecular weight is 392 g/mol. The Kier molecular flexibility index (Phi) is 4.32. The van der Waals surface area contributed by atoms with E-state index in [4.69, 9.17) is 4.42 Å². The summed E-state index contributed by atoms with van der Waals surface area (Å²) in [6, 6.07) is 7.44. The SMILES string of the molecule is Cc1ccc(NS(=O)(=O)c2ccc(-c3cnc(C4CCC4)o3)s2)cc1F. The van der Waals surface area contributed by atoms with Crippen LogP contribution in [0.15, 0.2) is 45.2 Å². The van der Waals surface area contributed by atoms with Crippen LogP contribution < -0.4 is 4.72 Å². The third kappa shape index (κ3) is 3.26. The number of rotatable bonds is 5. The first-order valence-electron chi connectivity index (χ1n) is 8.27. The Hall–Kier alpha value is -2.19. The molecule has 0 aliphatic heterocycles. The smallest absolute Gasteiger partial charge is 0.271 e. The Labute approximate surface area is 154 Å². The molecular weight excluding hydrogens is 375 g/mol. The van der Waals surface area contributed by atoms with Gasteiger partial charge in [-0.2, -0.15) is 0 Å². The first-order chi connectivity index (χ1) is 12.4. The highest BCUT2D eigenvalue weighted by Crippen LogP contribution is 2.38. The zero-order valence-corrected chi connectivity index (χ0v) is 15.7. The molecule has 4 rings (SSSR count). The molecular formula is C18H17FN2O3S2. The summed E-state index contributed by atoms with van der Waals surface area (Å²) in [6.07, 6.45) is 5.00. The lowest BCUT2D eigenvalue weighted by Gasteiger charge is -2.21. The zero-order valence-electron chi connectivity index (χ0n) is 14.0. The molecule has 1 N–H and O–H groups in total. The van der Waals surface area contributed by atoms with Gasteiger partial charge in [0.25, 0.3) is 10.0 Å². The molecule has 0 bridgehead atoms. The van der Waals surface area contributed by atoms with Gasteiger partial charge in [0.2, 0.25) is 0 Å². The number of nitrogens with zero attached hydrogens (tertiary/aromatic N) is 1. The molecule has 1 fully saturated rings. The van der Waals surface area contributed by atoms with Gasteiger partial charge in [0.05, 0.1) is 16.8 Å². The Morgan fingerprint density at radius 2 is 2.08 bits per heavy atom. The summed E-state index contributed by atoms with van der Waals surface area (Å²) in [7, 11) is -3.79. The summed E-state index contributed by atoms with van der Waals surface area (Å²) in [5.74, 6) is 1.21. The quantitative estimate of drug-likeness (QED) is 0.669. The van der Waals surface area contributed by atoms with E-state index in [0.717, 1.165) is 30.1 Å². The van der Waals surface area contributed by atoms with Crippen molar-refractivity contribution in [3.63, 3.8) is 0 Å². The number of aryl methyl sites for hydroxylation is 1. The number of oxazole rings is 1. The standard InChI is InChI=1S/C18H17FN2O3S2/c1-11-5-6-13(9-14(11)19)21-26(22,23)17-8-7-16(25-17)15-10-20-18(24-15)12-3-2-4-12/h5-10,12,21H,2-4H2,1H3. The number of hydrogen-bond acceptors (Lipinski definition) is 5. The summed E-state index contributed by atoms with van der Waals surface area (Å²) in [4.78, 5) is 5.00. The number of nitrogens with one attached hydrogen (secondary N) is 1. The van der Waals surface area contributed by atoms with Gasteiger partial charge in [0, 0.05) is 5.92 Å². The molecule has 1 saturated carbocycles. The van der Waals surface area contributed by atoms with E-state index in [2.05, 4.69) is 9.71 Å². The Balaban J connectivity index is 1.56. The largest absolute Gasteiger partial charge is 0.440 e. The Morgan fingerprint density at radius 1 is 1.27 bits per heavy atom. The van der Waals surface area contributed by atoms with Crippen LogP contribution in [0.25, 0.3) is 10.6 Å². The van der Waals surface area contributed by atoms with Crippen molar-refractivity contribution < 1.29 is 17.2 Å². The molecule has 0 atom stereocenters. The maximum absolute atomic E-state index is 13.6. The molecule has 0 unspecified atom stereocenters. The minimum atomic E-state index is -3.79. The van der Waals surface area contributed by atoms with Crippen molar-refractivity contribution in [2.45, 2.75) is 36.3 Å². The summed E-state index contributed by atoms with van der Waals surface area (Å²) in [6.45, 7) is 1.62. The summed E-state index contributed by atoms with van der Waals surface area (Å²) >= 11 is 1.09. The number of anilines is 1. The van der Waals surface area contributed by atoms with Crippen molar-refractivity contribution in [3.05, 3.63) is 53.8 Å². The predicted octanol–water partition coefficient (Wildman–Crippen LogP) is 4.92. The summed E-state index contributed by atoms with van der Waals surface area (Å²) < 4.78 is 47.0. The van der Waals surface area contributed by atoms with Gasteiger partial charge in [-0.15, -0.1) is 11.3 Å². The van der Waals surface area contributed by atoms with E-state index in [0.29, 0.717) is 22.1 Å². The molecule has 136 valence electrons. The van der Waals surface area contributed by atoms with Crippen LogP contribution in [0.2, 0.25) is 0 Å². The normalized spacial score (nSPS) is 15.0. The fourth-order valence-corrected chi connectivity index (χ4v) is 5.01. The van der Waals surface area contributed by atoms with E-state index >= 15 is 0 Å². The van der Waals surface area contributed by atoms with E-state index in [-0.39, 0.29) is 9.90 Å². The molecule has 0 radical (unpaired) electrons. The van der Waals surface area contributed by atoms with Gasteiger partial charge in [0.15, 0.2) is 11.7 Å². The lowest BCUT2D eigenvalue weighted by atomic mass is 9.85. The highest BCUT2D eigenvalue weighted by molar-refractivity contribution is 7.94. The highest BCUT2D eigenvalue weighted by atomic mass is 32.2. The molecule has 0 amide bonds. The van der Waals surface area contributed by atoms with Gasteiger partial charge < -0.3 is 4.42 Å². The van der Waals surface area contributed by atoms with Crippen molar-refractivity contribution in [1.29, 1.82) is 0 Å². The molecule has 1 aliphatic carbocycles. The van der Waals surface area contributed by atoms with E-state index in [1.807, 2.05) is 0 Å². The van der Waals surface area contributed by atoms with Crippen LogP contribution in [-0.2, 0) is 10.0 Å². The van der Waals surface area contributed by atoms with Crippen LogP contribution in [0.3, 0.4) is 0 Å². The van der Waals surface area contributed by atoms with E-state index < -0.39 is 15.8 Å². The first-order valence-corrected chi connectivity index (χ1v) is 10.6. The third-order valence-corrected chi connectivity index (χ3v) is 7.46. The van der Waals surface area contributed by atoms with Gasteiger partial charge in [-0.1, -0.05) is 12.5 Å². The van der Waals surface area contributed by atoms with Crippen LogP contribution >= 0.6 is 11.3 Å². The van der Waals surface area contributed by atoms with E-state index in [1.54, 1.807) is 19.2 Å². The number of benzene rings is 1. The maximum atomic E-state index is 13.6. The number of sulfonamides is 1. The fraction of sp³-hybridized carbons (Fsp3) is 0.278. The molecule has 2 heterocycles. The van der Waals surface area contributed by atoms with E-state index in [1.165, 1.54) is 30.7 Å². The monoisotopic (exact) mass is 392 g/mol. The topological polar surface area (TPSA) is 72.2 Å². The first kappa shape index (κ1) is 17.2. The second kappa shape index (κ2) is 6.51. The Bertz CT molecular complexity index is 1050. The minimum Gasteiger partial charge on any atom is -0.440 e. The molecule has 26 heavy (non-hydrogen) atoms. The second-order valence-corrected chi connectivity index (χ2v) is 9.37. The molecule has 5 nitrogen and oxygen atoms in total. The van der Waals surface area contributed by atoms with Crippen LogP contribution in [0.1, 0.15) is 36.6 Å². The van der Waals surface area contributed by atoms with Gasteiger partial charge >= 0.3 is 0 Å². The lowest BCUT2D eigenvalue weighted by Crippen LogP contribution is -2.11. The summed E-state index contributed by atoms with van der Waals surface area (Å²) in [5.41, 5.74) is 0.647. The lowest BCUT2D eigenvalue weighted by molar-refractivity contribution is 0.338.